The average Bonchev–Trinajstić information content (AvgIpc) is 2.33. The van der Waals surface area contributed by atoms with Crippen molar-refractivity contribution in [3.63, 3.8) is 0 Å². The molecule has 1 atom stereocenters. The maximum atomic E-state index is 10.2. The summed E-state index contributed by atoms with van der Waals surface area (Å²) in [7, 11) is -4.13. The van der Waals surface area contributed by atoms with Crippen LogP contribution in [-0.4, -0.2) is 17.7 Å². The van der Waals surface area contributed by atoms with Gasteiger partial charge in [-0.15, -0.1) is 0 Å². The van der Waals surface area contributed by atoms with Gasteiger partial charge in [0.1, 0.15) is 4.75 Å². The Morgan fingerprint density at radius 1 is 1.30 bits per heavy atom. The van der Waals surface area contributed by atoms with Crippen molar-refractivity contribution in [1.29, 1.82) is 0 Å². The first-order chi connectivity index (χ1) is 9.18. The molecule has 3 nitrogen and oxygen atoms in total. The number of benzene rings is 1. The van der Waals surface area contributed by atoms with Crippen LogP contribution in [0.15, 0.2) is 54.1 Å². The van der Waals surface area contributed by atoms with Gasteiger partial charge in [0.15, 0.2) is 0 Å². The standard InChI is InChI=1S/C8H12S.C7H8O3S/c1-7-3-5-8(2,9)6-4-7;8-11(9,10)6-7-4-2-1-3-5-7/h3-5,9H,6H2,1-2H3;1-5H,6H2,(H,8,9,10). The van der Waals surface area contributed by atoms with E-state index < -0.39 is 15.9 Å². The molecule has 2 rings (SSSR count). The molecule has 0 bridgehead atoms. The van der Waals surface area contributed by atoms with E-state index in [1.807, 2.05) is 0 Å². The minimum absolute atomic E-state index is 0.208. The summed E-state index contributed by atoms with van der Waals surface area (Å²) in [6.07, 6.45) is 7.69. The summed E-state index contributed by atoms with van der Waals surface area (Å²) in [4.78, 5) is 0. The van der Waals surface area contributed by atoms with Gasteiger partial charge in [0.25, 0.3) is 0 Å². The van der Waals surface area contributed by atoms with Gasteiger partial charge in [0, 0.05) is 6.42 Å². The van der Waals surface area contributed by atoms with E-state index in [2.05, 4.69) is 44.7 Å². The van der Waals surface area contributed by atoms with E-state index in [1.165, 1.54) is 5.57 Å². The number of rotatable bonds is 2. The van der Waals surface area contributed by atoms with E-state index >= 15 is 0 Å². The molecule has 0 aliphatic heterocycles. The smallest absolute Gasteiger partial charge is 0.142 e. The van der Waals surface area contributed by atoms with Crippen molar-refractivity contribution in [3.8, 4) is 0 Å². The molecule has 5 heteroatoms. The van der Waals surface area contributed by atoms with E-state index in [-0.39, 0.29) is 4.75 Å². The Morgan fingerprint density at radius 3 is 2.30 bits per heavy atom. The molecule has 0 amide bonds. The van der Waals surface area contributed by atoms with E-state index in [0.29, 0.717) is 5.56 Å². The predicted octanol–water partition coefficient (Wildman–Crippen LogP) is 2.39. The third-order valence-electron chi connectivity index (χ3n) is 2.75. The number of allylic oxidation sites excluding steroid dienone is 3. The fourth-order valence-electron chi connectivity index (χ4n) is 1.60. The quantitative estimate of drug-likeness (QED) is 0.622. The summed E-state index contributed by atoms with van der Waals surface area (Å²) in [5.41, 5.74) is 1.90. The minimum atomic E-state index is -4.13. The summed E-state index contributed by atoms with van der Waals surface area (Å²) < 4.78 is 30.9. The van der Waals surface area contributed by atoms with Crippen LogP contribution in [0.1, 0.15) is 25.8 Å². The summed E-state index contributed by atoms with van der Waals surface area (Å²) in [6, 6.07) is 8.37. The van der Waals surface area contributed by atoms with Crippen LogP contribution in [-0.2, 0) is 28.5 Å². The van der Waals surface area contributed by atoms with Crippen molar-refractivity contribution in [2.75, 3.05) is 0 Å². The molecule has 1 unspecified atom stereocenters. The minimum Gasteiger partial charge on any atom is -0.748 e. The van der Waals surface area contributed by atoms with E-state index in [4.69, 9.17) is 0 Å². The summed E-state index contributed by atoms with van der Waals surface area (Å²) in [5.74, 6) is -0.423. The van der Waals surface area contributed by atoms with Crippen LogP contribution >= 0.6 is 0 Å². The highest BCUT2D eigenvalue weighted by molar-refractivity contribution is 7.84. The normalized spacial score (nSPS) is 21.7. The molecule has 1 aliphatic carbocycles. The first-order valence-electron chi connectivity index (χ1n) is 6.26. The second-order valence-corrected chi connectivity index (χ2v) is 7.64. The Morgan fingerprint density at radius 2 is 1.90 bits per heavy atom. The van der Waals surface area contributed by atoms with Crippen molar-refractivity contribution in [2.24, 2.45) is 0 Å². The van der Waals surface area contributed by atoms with Gasteiger partial charge in [0.2, 0.25) is 0 Å². The van der Waals surface area contributed by atoms with Gasteiger partial charge >= 0.3 is 0 Å². The SMILES string of the molecule is CC1=CCC(C)([SH2+])C=C1.O=S(=O)([O-])Cc1ccccc1. The lowest BCUT2D eigenvalue weighted by atomic mass is 9.98. The van der Waals surface area contributed by atoms with Gasteiger partial charge in [-0.3, -0.25) is 0 Å². The van der Waals surface area contributed by atoms with Gasteiger partial charge in [-0.2, -0.15) is 0 Å². The van der Waals surface area contributed by atoms with Crippen molar-refractivity contribution in [3.05, 3.63) is 59.7 Å². The van der Waals surface area contributed by atoms with Crippen molar-refractivity contribution in [1.82, 2.24) is 0 Å². The molecule has 0 saturated heterocycles. The molecule has 1 aromatic carbocycles. The molecule has 0 spiro atoms. The van der Waals surface area contributed by atoms with Crippen molar-refractivity contribution < 1.29 is 13.0 Å². The summed E-state index contributed by atoms with van der Waals surface area (Å²) in [5, 5.41) is 0. The topological polar surface area (TPSA) is 57.2 Å². The number of hydrogen-bond acceptors (Lipinski definition) is 3. The molecule has 0 saturated carbocycles. The molecular formula is C15H20O3S2. The molecule has 0 aromatic heterocycles. The van der Waals surface area contributed by atoms with Crippen LogP contribution in [0.4, 0.5) is 0 Å². The first-order valence-corrected chi connectivity index (χ1v) is 8.34. The molecular weight excluding hydrogens is 292 g/mol. The zero-order valence-corrected chi connectivity index (χ0v) is 13.5. The highest BCUT2D eigenvalue weighted by Crippen LogP contribution is 2.20. The Kier molecular flexibility index (Phi) is 6.05. The first kappa shape index (κ1) is 17.0. The van der Waals surface area contributed by atoms with Gasteiger partial charge in [-0.25, -0.2) is 8.42 Å². The summed E-state index contributed by atoms with van der Waals surface area (Å²) >= 11 is 3.64. The van der Waals surface area contributed by atoms with Crippen molar-refractivity contribution in [2.45, 2.75) is 30.8 Å². The Balaban J connectivity index is 0.000000204. The van der Waals surface area contributed by atoms with Crippen LogP contribution in [0.5, 0.6) is 0 Å². The zero-order chi connectivity index (χ0) is 15.2. The Hall–Kier alpha value is -1.04. The second kappa shape index (κ2) is 7.11. The van der Waals surface area contributed by atoms with E-state index in [1.54, 1.807) is 30.3 Å². The third kappa shape index (κ3) is 7.53. The molecule has 0 radical (unpaired) electrons. The van der Waals surface area contributed by atoms with Crippen LogP contribution in [0, 0.1) is 0 Å². The lowest BCUT2D eigenvalue weighted by molar-refractivity contribution is 0.462. The van der Waals surface area contributed by atoms with E-state index in [9.17, 15) is 13.0 Å². The van der Waals surface area contributed by atoms with Gasteiger partial charge in [-0.05, 0) is 38.1 Å². The molecule has 0 fully saturated rings. The average molecular weight is 312 g/mol. The second-order valence-electron chi connectivity index (χ2n) is 5.09. The van der Waals surface area contributed by atoms with Gasteiger partial charge < -0.3 is 4.55 Å². The zero-order valence-electron chi connectivity index (χ0n) is 11.7. The fourth-order valence-corrected chi connectivity index (χ4v) is 2.39. The fraction of sp³-hybridized carbons (Fsp3) is 0.333. The molecule has 1 aliphatic rings. The highest BCUT2D eigenvalue weighted by atomic mass is 32.2. The third-order valence-corrected chi connectivity index (χ3v) is 3.81. The van der Waals surface area contributed by atoms with Crippen LogP contribution in [0.2, 0.25) is 0 Å². The van der Waals surface area contributed by atoms with E-state index in [0.717, 1.165) is 6.42 Å². The Bertz CT molecular complexity index is 585. The predicted molar refractivity (Wildman–Crippen MR) is 85.9 cm³/mol. The van der Waals surface area contributed by atoms with Crippen LogP contribution < -0.4 is 0 Å². The molecule has 110 valence electrons. The van der Waals surface area contributed by atoms with Crippen LogP contribution in [0.3, 0.4) is 0 Å². The molecule has 0 N–H and O–H groups in total. The van der Waals surface area contributed by atoms with Crippen molar-refractivity contribution >= 4 is 22.7 Å². The largest absolute Gasteiger partial charge is 0.748 e. The lowest BCUT2D eigenvalue weighted by Gasteiger charge is -2.14. The number of hydrogen-bond donors (Lipinski definition) is 0. The van der Waals surface area contributed by atoms with Crippen LogP contribution in [0.25, 0.3) is 0 Å². The monoisotopic (exact) mass is 312 g/mol. The summed E-state index contributed by atoms with van der Waals surface area (Å²) in [6.45, 7) is 4.29. The molecule has 0 heterocycles. The lowest BCUT2D eigenvalue weighted by Crippen LogP contribution is -2.17. The highest BCUT2D eigenvalue weighted by Gasteiger charge is 2.21. The maximum Gasteiger partial charge on any atom is 0.142 e. The van der Waals surface area contributed by atoms with Gasteiger partial charge in [0.05, 0.1) is 15.9 Å². The Labute approximate surface area is 126 Å². The maximum absolute atomic E-state index is 10.2. The molecule has 20 heavy (non-hydrogen) atoms. The molecule has 1 aromatic rings. The van der Waals surface area contributed by atoms with Gasteiger partial charge in [-0.1, -0.05) is 48.1 Å².